The van der Waals surface area contributed by atoms with Crippen molar-refractivity contribution in [2.24, 2.45) is 0 Å². The van der Waals surface area contributed by atoms with Gasteiger partial charge in [0, 0.05) is 22.3 Å². The molecule has 2 aromatic carbocycles. The van der Waals surface area contributed by atoms with Gasteiger partial charge in [-0.25, -0.2) is 4.98 Å². The molecule has 0 saturated carbocycles. The highest BCUT2D eigenvalue weighted by Crippen LogP contribution is 2.31. The number of Topliss-reactive ketones (excluding diaryl/α,β-unsaturated/α-hetero) is 1. The lowest BCUT2D eigenvalue weighted by molar-refractivity contribution is 0.101. The van der Waals surface area contributed by atoms with Gasteiger partial charge >= 0.3 is 0 Å². The van der Waals surface area contributed by atoms with E-state index in [-0.39, 0.29) is 11.7 Å². The Bertz CT molecular complexity index is 997. The van der Waals surface area contributed by atoms with Gasteiger partial charge in [0.05, 0.1) is 5.56 Å². The molecule has 0 aliphatic heterocycles. The van der Waals surface area contributed by atoms with Crippen LogP contribution in [0.1, 0.15) is 38.8 Å². The fraction of sp³-hybridized carbons (Fsp3) is 0.136. The summed E-state index contributed by atoms with van der Waals surface area (Å²) < 4.78 is 0. The molecule has 4 nitrogen and oxygen atoms in total. The molecule has 0 atom stereocenters. The van der Waals surface area contributed by atoms with Crippen LogP contribution in [0.3, 0.4) is 0 Å². The van der Waals surface area contributed by atoms with Gasteiger partial charge in [-0.1, -0.05) is 29.5 Å². The van der Waals surface area contributed by atoms with E-state index in [0.29, 0.717) is 21.8 Å². The Morgan fingerprint density at radius 2 is 1.74 bits per heavy atom. The summed E-state index contributed by atoms with van der Waals surface area (Å²) in [5.41, 5.74) is 4.11. The largest absolute Gasteiger partial charge is 0.322 e. The number of amides is 1. The number of nitrogens with one attached hydrogen (secondary N) is 1. The predicted molar refractivity (Wildman–Crippen MR) is 109 cm³/mol. The third-order valence-electron chi connectivity index (χ3n) is 4.10. The number of nitrogens with zero attached hydrogens (tertiary/aromatic N) is 1. The lowest BCUT2D eigenvalue weighted by atomic mass is 10.1. The molecular formula is C22H20N2O2S. The molecule has 3 rings (SSSR count). The van der Waals surface area contributed by atoms with E-state index in [1.54, 1.807) is 42.6 Å². The smallest absolute Gasteiger partial charge is 0.258 e. The highest BCUT2D eigenvalue weighted by atomic mass is 32.2. The monoisotopic (exact) mass is 376 g/mol. The van der Waals surface area contributed by atoms with Crippen LogP contribution in [0.15, 0.2) is 70.7 Å². The highest BCUT2D eigenvalue weighted by Gasteiger charge is 2.15. The lowest BCUT2D eigenvalue weighted by Gasteiger charge is -2.11. The van der Waals surface area contributed by atoms with Crippen molar-refractivity contribution >= 4 is 29.1 Å². The maximum Gasteiger partial charge on any atom is 0.258 e. The Morgan fingerprint density at radius 3 is 2.41 bits per heavy atom. The van der Waals surface area contributed by atoms with E-state index in [0.717, 1.165) is 10.5 Å². The second kappa shape index (κ2) is 8.18. The van der Waals surface area contributed by atoms with E-state index in [1.165, 1.54) is 24.2 Å². The van der Waals surface area contributed by atoms with E-state index < -0.39 is 0 Å². The van der Waals surface area contributed by atoms with Gasteiger partial charge in [-0.05, 0) is 68.8 Å². The first-order valence-electron chi connectivity index (χ1n) is 8.56. The van der Waals surface area contributed by atoms with Gasteiger partial charge in [0.25, 0.3) is 5.91 Å². The third-order valence-corrected chi connectivity index (χ3v) is 5.30. The van der Waals surface area contributed by atoms with Crippen molar-refractivity contribution in [2.75, 3.05) is 5.32 Å². The summed E-state index contributed by atoms with van der Waals surface area (Å²) in [5.74, 6) is -0.238. The van der Waals surface area contributed by atoms with Gasteiger partial charge in [0.2, 0.25) is 0 Å². The molecule has 27 heavy (non-hydrogen) atoms. The average Bonchev–Trinajstić information content (AvgIpc) is 2.65. The number of aromatic nitrogens is 1. The summed E-state index contributed by atoms with van der Waals surface area (Å²) in [6.45, 7) is 5.62. The normalized spacial score (nSPS) is 10.5. The fourth-order valence-corrected chi connectivity index (χ4v) is 3.60. The number of carbonyl (C=O) groups excluding carboxylic acids is 2. The molecule has 0 radical (unpaired) electrons. The summed E-state index contributed by atoms with van der Waals surface area (Å²) >= 11 is 1.48. The van der Waals surface area contributed by atoms with Crippen molar-refractivity contribution in [3.05, 3.63) is 83.0 Å². The van der Waals surface area contributed by atoms with E-state index in [2.05, 4.69) is 36.3 Å². The molecule has 1 amide bonds. The highest BCUT2D eigenvalue weighted by molar-refractivity contribution is 7.99. The second-order valence-corrected chi connectivity index (χ2v) is 7.35. The molecule has 5 heteroatoms. The van der Waals surface area contributed by atoms with Crippen LogP contribution < -0.4 is 5.32 Å². The van der Waals surface area contributed by atoms with Crippen molar-refractivity contribution in [1.29, 1.82) is 0 Å². The van der Waals surface area contributed by atoms with Crippen LogP contribution >= 0.6 is 11.8 Å². The second-order valence-electron chi connectivity index (χ2n) is 6.31. The van der Waals surface area contributed by atoms with Gasteiger partial charge in [0.15, 0.2) is 5.78 Å². The standard InChI is InChI=1S/C22H20N2O2S/c1-14-6-11-20(15(2)13-14)27-22-19(5-4-12-23-22)21(26)24-18-9-7-17(8-10-18)16(3)25/h4-13H,1-3H3,(H,24,26). The molecular weight excluding hydrogens is 356 g/mol. The van der Waals surface area contributed by atoms with Gasteiger partial charge in [-0.3, -0.25) is 9.59 Å². The van der Waals surface area contributed by atoms with Crippen LogP contribution in [0, 0.1) is 13.8 Å². The van der Waals surface area contributed by atoms with Gasteiger partial charge in [-0.15, -0.1) is 0 Å². The minimum absolute atomic E-state index is 0.00714. The topological polar surface area (TPSA) is 59.1 Å². The molecule has 1 heterocycles. The molecule has 0 saturated heterocycles. The SMILES string of the molecule is CC(=O)c1ccc(NC(=O)c2cccnc2Sc2ccc(C)cc2C)cc1. The average molecular weight is 376 g/mol. The number of anilines is 1. The molecule has 0 fully saturated rings. The van der Waals surface area contributed by atoms with Crippen molar-refractivity contribution in [3.8, 4) is 0 Å². The number of rotatable bonds is 5. The predicted octanol–water partition coefficient (Wildman–Crippen LogP) is 5.30. The summed E-state index contributed by atoms with van der Waals surface area (Å²) in [6, 6.07) is 16.6. The Labute approximate surface area is 163 Å². The Balaban J connectivity index is 1.82. The minimum Gasteiger partial charge on any atom is -0.322 e. The molecule has 0 spiro atoms. The van der Waals surface area contributed by atoms with Crippen LogP contribution in [-0.4, -0.2) is 16.7 Å². The fourth-order valence-electron chi connectivity index (χ4n) is 2.65. The van der Waals surface area contributed by atoms with Gasteiger partial charge in [-0.2, -0.15) is 0 Å². The van der Waals surface area contributed by atoms with Gasteiger partial charge in [0.1, 0.15) is 5.03 Å². The Hall–Kier alpha value is -2.92. The number of benzene rings is 2. The van der Waals surface area contributed by atoms with Crippen molar-refractivity contribution < 1.29 is 9.59 Å². The maximum atomic E-state index is 12.8. The quantitative estimate of drug-likeness (QED) is 0.614. The van der Waals surface area contributed by atoms with Crippen LogP contribution in [0.4, 0.5) is 5.69 Å². The Kier molecular flexibility index (Phi) is 5.72. The first-order valence-corrected chi connectivity index (χ1v) is 9.38. The molecule has 1 aromatic heterocycles. The number of hydrogen-bond acceptors (Lipinski definition) is 4. The summed E-state index contributed by atoms with van der Waals surface area (Å²) in [6.07, 6.45) is 1.68. The molecule has 0 bridgehead atoms. The molecule has 0 aliphatic carbocycles. The number of ketones is 1. The van der Waals surface area contributed by atoms with Crippen molar-refractivity contribution in [1.82, 2.24) is 4.98 Å². The first kappa shape index (κ1) is 18.9. The number of carbonyl (C=O) groups is 2. The van der Waals surface area contributed by atoms with Gasteiger partial charge < -0.3 is 5.32 Å². The molecule has 0 unspecified atom stereocenters. The minimum atomic E-state index is -0.231. The zero-order valence-electron chi connectivity index (χ0n) is 15.4. The van der Waals surface area contributed by atoms with Crippen LogP contribution in [0.5, 0.6) is 0 Å². The summed E-state index contributed by atoms with van der Waals surface area (Å²) in [5, 5.41) is 3.53. The Morgan fingerprint density at radius 1 is 1.00 bits per heavy atom. The number of pyridine rings is 1. The van der Waals surface area contributed by atoms with E-state index in [4.69, 9.17) is 0 Å². The zero-order chi connectivity index (χ0) is 19.4. The van der Waals surface area contributed by atoms with Crippen LogP contribution in [0.2, 0.25) is 0 Å². The third kappa shape index (κ3) is 4.63. The lowest BCUT2D eigenvalue weighted by Crippen LogP contribution is -2.13. The maximum absolute atomic E-state index is 12.8. The van der Waals surface area contributed by atoms with Crippen molar-refractivity contribution in [3.63, 3.8) is 0 Å². The number of hydrogen-bond donors (Lipinski definition) is 1. The first-order chi connectivity index (χ1) is 12.9. The molecule has 0 aliphatic rings. The van der Waals surface area contributed by atoms with Crippen molar-refractivity contribution in [2.45, 2.75) is 30.7 Å². The molecule has 1 N–H and O–H groups in total. The number of aryl methyl sites for hydroxylation is 2. The van der Waals surface area contributed by atoms with Crippen LogP contribution in [-0.2, 0) is 0 Å². The molecule has 3 aromatic rings. The zero-order valence-corrected chi connectivity index (χ0v) is 16.3. The summed E-state index contributed by atoms with van der Waals surface area (Å²) in [4.78, 5) is 29.6. The van der Waals surface area contributed by atoms with Crippen LogP contribution in [0.25, 0.3) is 0 Å². The van der Waals surface area contributed by atoms with E-state index in [9.17, 15) is 9.59 Å². The molecule has 136 valence electrons. The van der Waals surface area contributed by atoms with E-state index in [1.807, 2.05) is 6.07 Å². The van der Waals surface area contributed by atoms with E-state index >= 15 is 0 Å². The summed E-state index contributed by atoms with van der Waals surface area (Å²) in [7, 11) is 0.